The van der Waals surface area contributed by atoms with Gasteiger partial charge in [0.2, 0.25) is 5.90 Å². The Kier molecular flexibility index (Phi) is 5.87. The highest BCUT2D eigenvalue weighted by Gasteiger charge is 2.28. The summed E-state index contributed by atoms with van der Waals surface area (Å²) < 4.78 is 26.2. The highest BCUT2D eigenvalue weighted by molar-refractivity contribution is 9.10. The number of aliphatic imine (C=N–C) groups is 1. The zero-order valence-electron chi connectivity index (χ0n) is 13.4. The second kappa shape index (κ2) is 7.94. The zero-order valence-corrected chi connectivity index (χ0v) is 16.5. The van der Waals surface area contributed by atoms with Gasteiger partial charge in [-0.2, -0.15) is 0 Å². The molecule has 0 saturated heterocycles. The molecule has 0 spiro atoms. The Bertz CT molecular complexity index is 809. The van der Waals surface area contributed by atoms with E-state index < -0.39 is 5.82 Å². The van der Waals surface area contributed by atoms with Crippen molar-refractivity contribution in [1.29, 1.82) is 0 Å². The van der Waals surface area contributed by atoms with Crippen LogP contribution in [0.3, 0.4) is 0 Å². The van der Waals surface area contributed by atoms with E-state index in [0.717, 1.165) is 16.5 Å². The van der Waals surface area contributed by atoms with Crippen LogP contribution in [-0.4, -0.2) is 19.1 Å². The van der Waals surface area contributed by atoms with Gasteiger partial charge in [0.15, 0.2) is 0 Å². The number of rotatable bonds is 5. The van der Waals surface area contributed by atoms with Gasteiger partial charge in [0, 0.05) is 16.1 Å². The van der Waals surface area contributed by atoms with Gasteiger partial charge in [-0.05, 0) is 40.5 Å². The molecule has 0 bridgehead atoms. The summed E-state index contributed by atoms with van der Waals surface area (Å²) in [6.45, 7) is 2.86. The van der Waals surface area contributed by atoms with E-state index in [1.165, 1.54) is 6.07 Å². The van der Waals surface area contributed by atoms with Crippen molar-refractivity contribution in [2.45, 2.75) is 19.4 Å². The van der Waals surface area contributed by atoms with Crippen LogP contribution < -0.4 is 4.74 Å². The van der Waals surface area contributed by atoms with Crippen LogP contribution in [0.25, 0.3) is 0 Å². The average molecular weight is 447 g/mol. The number of halogens is 4. The lowest BCUT2D eigenvalue weighted by atomic mass is 10.1. The van der Waals surface area contributed by atoms with Gasteiger partial charge in [-0.15, -0.1) is 0 Å². The number of ether oxygens (including phenoxy) is 2. The van der Waals surface area contributed by atoms with Crippen LogP contribution in [0, 0.1) is 5.82 Å². The van der Waals surface area contributed by atoms with Gasteiger partial charge in [0.05, 0.1) is 22.2 Å². The Morgan fingerprint density at radius 3 is 2.84 bits per heavy atom. The SMILES string of the molecule is CCCOc1cc(Cl)c(Br)cc1C1COC(c2c(F)cccc2Cl)=N1. The summed E-state index contributed by atoms with van der Waals surface area (Å²) in [6, 6.07) is 7.76. The maximum atomic E-state index is 14.1. The second-order valence-corrected chi connectivity index (χ2v) is 7.18. The highest BCUT2D eigenvalue weighted by atomic mass is 79.9. The Balaban J connectivity index is 1.98. The Labute approximate surface area is 163 Å². The molecule has 1 atom stereocenters. The molecule has 3 nitrogen and oxygen atoms in total. The molecule has 0 radical (unpaired) electrons. The first-order valence-corrected chi connectivity index (χ1v) is 9.33. The third kappa shape index (κ3) is 3.94. The topological polar surface area (TPSA) is 30.8 Å². The van der Waals surface area contributed by atoms with E-state index in [0.29, 0.717) is 17.4 Å². The molecular formula is C18H15BrCl2FNO2. The summed E-state index contributed by atoms with van der Waals surface area (Å²) in [6.07, 6.45) is 0.869. The molecule has 3 rings (SSSR count). The first-order chi connectivity index (χ1) is 12.0. The Morgan fingerprint density at radius 1 is 1.32 bits per heavy atom. The predicted octanol–water partition coefficient (Wildman–Crippen LogP) is 6.20. The second-order valence-electron chi connectivity index (χ2n) is 5.51. The largest absolute Gasteiger partial charge is 0.493 e. The van der Waals surface area contributed by atoms with Crippen molar-refractivity contribution < 1.29 is 13.9 Å². The van der Waals surface area contributed by atoms with Crippen LogP contribution in [0.5, 0.6) is 5.75 Å². The third-order valence-corrected chi connectivity index (χ3v) is 5.21. The standard InChI is InChI=1S/C18H15BrCl2FNO2/c1-2-6-24-16-8-13(21)11(19)7-10(16)15-9-25-18(23-15)17-12(20)4-3-5-14(17)22/h3-5,7-8,15H,2,6,9H2,1H3. The molecule has 0 N–H and O–H groups in total. The first-order valence-electron chi connectivity index (χ1n) is 7.78. The number of hydrogen-bond acceptors (Lipinski definition) is 3. The molecule has 2 aromatic carbocycles. The monoisotopic (exact) mass is 445 g/mol. The molecule has 0 amide bonds. The van der Waals surface area contributed by atoms with E-state index in [-0.39, 0.29) is 29.1 Å². The fraction of sp³-hybridized carbons (Fsp3) is 0.278. The molecule has 0 fully saturated rings. The minimum Gasteiger partial charge on any atom is -0.493 e. The molecule has 1 unspecified atom stereocenters. The smallest absolute Gasteiger partial charge is 0.221 e. The van der Waals surface area contributed by atoms with Crippen molar-refractivity contribution in [2.75, 3.05) is 13.2 Å². The molecule has 25 heavy (non-hydrogen) atoms. The molecule has 7 heteroatoms. The lowest BCUT2D eigenvalue weighted by molar-refractivity contribution is 0.297. The van der Waals surface area contributed by atoms with E-state index in [4.69, 9.17) is 32.7 Å². The first kappa shape index (κ1) is 18.5. The molecule has 1 aliphatic heterocycles. The van der Waals surface area contributed by atoms with Gasteiger partial charge in [-0.1, -0.05) is 36.2 Å². The van der Waals surface area contributed by atoms with Crippen LogP contribution in [0.4, 0.5) is 4.39 Å². The molecule has 2 aromatic rings. The van der Waals surface area contributed by atoms with Crippen molar-refractivity contribution in [2.24, 2.45) is 4.99 Å². The molecule has 132 valence electrons. The zero-order chi connectivity index (χ0) is 18.0. The molecule has 0 aromatic heterocycles. The van der Waals surface area contributed by atoms with E-state index in [1.54, 1.807) is 18.2 Å². The summed E-state index contributed by atoms with van der Waals surface area (Å²) in [5, 5.41) is 0.814. The van der Waals surface area contributed by atoms with Crippen LogP contribution in [-0.2, 0) is 4.74 Å². The number of benzene rings is 2. The number of nitrogens with zero attached hydrogens (tertiary/aromatic N) is 1. The fourth-order valence-electron chi connectivity index (χ4n) is 2.51. The molecule has 0 aliphatic carbocycles. The van der Waals surface area contributed by atoms with Gasteiger partial charge in [-0.3, -0.25) is 0 Å². The van der Waals surface area contributed by atoms with E-state index >= 15 is 0 Å². The Morgan fingerprint density at radius 2 is 2.12 bits per heavy atom. The summed E-state index contributed by atoms with van der Waals surface area (Å²) in [5.41, 5.74) is 1.00. The van der Waals surface area contributed by atoms with E-state index in [9.17, 15) is 4.39 Å². The summed E-state index contributed by atoms with van der Waals surface area (Å²) in [7, 11) is 0. The van der Waals surface area contributed by atoms with Crippen LogP contribution in [0.1, 0.15) is 30.5 Å². The van der Waals surface area contributed by atoms with E-state index in [2.05, 4.69) is 20.9 Å². The lowest BCUT2D eigenvalue weighted by Gasteiger charge is -2.14. The summed E-state index contributed by atoms with van der Waals surface area (Å²) in [5.74, 6) is 0.375. The van der Waals surface area contributed by atoms with Crippen molar-refractivity contribution in [1.82, 2.24) is 0 Å². The average Bonchev–Trinajstić information content (AvgIpc) is 3.05. The van der Waals surface area contributed by atoms with Crippen LogP contribution >= 0.6 is 39.1 Å². The van der Waals surface area contributed by atoms with Gasteiger partial charge >= 0.3 is 0 Å². The minimum atomic E-state index is -0.466. The fourth-order valence-corrected chi connectivity index (χ4v) is 3.27. The van der Waals surface area contributed by atoms with E-state index in [1.807, 2.05) is 13.0 Å². The van der Waals surface area contributed by atoms with Gasteiger partial charge in [0.1, 0.15) is 24.2 Å². The summed E-state index contributed by atoms with van der Waals surface area (Å²) in [4.78, 5) is 4.52. The van der Waals surface area contributed by atoms with Crippen molar-refractivity contribution in [3.8, 4) is 5.75 Å². The quantitative estimate of drug-likeness (QED) is 0.547. The highest BCUT2D eigenvalue weighted by Crippen LogP contribution is 2.38. The van der Waals surface area contributed by atoms with Gasteiger partial charge < -0.3 is 9.47 Å². The molecular weight excluding hydrogens is 432 g/mol. The van der Waals surface area contributed by atoms with Crippen molar-refractivity contribution >= 4 is 45.0 Å². The minimum absolute atomic E-state index is 0.177. The maximum Gasteiger partial charge on any atom is 0.221 e. The maximum absolute atomic E-state index is 14.1. The normalized spacial score (nSPS) is 16.5. The molecule has 1 heterocycles. The van der Waals surface area contributed by atoms with Crippen molar-refractivity contribution in [3.05, 3.63) is 61.8 Å². The van der Waals surface area contributed by atoms with Gasteiger partial charge in [0.25, 0.3) is 0 Å². The summed E-state index contributed by atoms with van der Waals surface area (Å²) >= 11 is 15.7. The third-order valence-electron chi connectivity index (χ3n) is 3.70. The Hall–Kier alpha value is -1.30. The predicted molar refractivity (Wildman–Crippen MR) is 102 cm³/mol. The molecule has 0 saturated carbocycles. The number of hydrogen-bond donors (Lipinski definition) is 0. The van der Waals surface area contributed by atoms with Crippen LogP contribution in [0.15, 0.2) is 39.8 Å². The van der Waals surface area contributed by atoms with Crippen molar-refractivity contribution in [3.63, 3.8) is 0 Å². The van der Waals surface area contributed by atoms with Gasteiger partial charge in [-0.25, -0.2) is 9.38 Å². The van der Waals surface area contributed by atoms with Crippen LogP contribution in [0.2, 0.25) is 10.0 Å². The molecule has 1 aliphatic rings. The lowest BCUT2D eigenvalue weighted by Crippen LogP contribution is -2.05.